The van der Waals surface area contributed by atoms with Gasteiger partial charge in [-0.05, 0) is 48.3 Å². The van der Waals surface area contributed by atoms with E-state index < -0.39 is 40.6 Å². The van der Waals surface area contributed by atoms with Crippen LogP contribution in [-0.2, 0) is 33.8 Å². The lowest BCUT2D eigenvalue weighted by Gasteiger charge is -2.41. The van der Waals surface area contributed by atoms with Gasteiger partial charge < -0.3 is 21.1 Å². The molecule has 2 aromatic rings. The number of nitrogens with two attached hydrogens (primary N) is 1. The van der Waals surface area contributed by atoms with Crippen molar-refractivity contribution in [3.8, 4) is 5.75 Å². The molecule has 3 aliphatic carbocycles. The number of fused-ring (bicyclic) bond motifs is 3. The number of Topliss-reactive ketones (excluding diaryl/α,β-unsaturated/α-hetero) is 2. The number of aliphatic hydroxyl groups excluding tert-OH is 2. The lowest BCUT2D eigenvalue weighted by atomic mass is 9.61. The fraction of sp³-hybridized carbons (Fsp3) is 0.333. The summed E-state index contributed by atoms with van der Waals surface area (Å²) in [7, 11) is 0. The summed E-state index contributed by atoms with van der Waals surface area (Å²) in [5.74, 6) is -5.09. The van der Waals surface area contributed by atoms with Gasteiger partial charge >= 0.3 is 0 Å². The van der Waals surface area contributed by atoms with Gasteiger partial charge in [0.05, 0.1) is 17.0 Å². The molecule has 1 amide bonds. The highest BCUT2D eigenvalue weighted by atomic mass is 16.3. The van der Waals surface area contributed by atoms with E-state index >= 15 is 0 Å². The summed E-state index contributed by atoms with van der Waals surface area (Å²) in [5, 5.41) is 33.2. The Morgan fingerprint density at radius 1 is 1.09 bits per heavy atom. The second-order valence-corrected chi connectivity index (χ2v) is 9.55. The number of hydrogen-bond donors (Lipinski definition) is 4. The van der Waals surface area contributed by atoms with Crippen molar-refractivity contribution in [3.63, 3.8) is 0 Å². The second-order valence-electron chi connectivity index (χ2n) is 9.55. The van der Waals surface area contributed by atoms with Crippen molar-refractivity contribution in [1.29, 1.82) is 0 Å². The molecule has 0 radical (unpaired) electrons. The summed E-state index contributed by atoms with van der Waals surface area (Å²) in [6.45, 7) is 2.38. The maximum atomic E-state index is 13.6. The maximum absolute atomic E-state index is 13.6. The zero-order chi connectivity index (χ0) is 25.0. The van der Waals surface area contributed by atoms with Gasteiger partial charge in [0, 0.05) is 24.1 Å². The molecule has 8 nitrogen and oxygen atoms in total. The van der Waals surface area contributed by atoms with Crippen LogP contribution >= 0.6 is 0 Å². The second kappa shape index (κ2) is 8.37. The number of ketones is 2. The zero-order valence-electron chi connectivity index (χ0n) is 19.3. The third-order valence-electron chi connectivity index (χ3n) is 7.57. The topological polar surface area (TPSA) is 142 Å². The molecule has 1 aromatic carbocycles. The van der Waals surface area contributed by atoms with Crippen molar-refractivity contribution in [2.75, 3.05) is 0 Å². The van der Waals surface area contributed by atoms with Gasteiger partial charge in [-0.15, -0.1) is 0 Å². The first-order valence-electron chi connectivity index (χ1n) is 11.8. The molecular formula is C27H27N2O6+. The van der Waals surface area contributed by atoms with Crippen LogP contribution in [0.3, 0.4) is 0 Å². The fourth-order valence-electron chi connectivity index (χ4n) is 6.02. The van der Waals surface area contributed by atoms with Crippen molar-refractivity contribution >= 4 is 23.2 Å². The molecule has 1 aromatic heterocycles. The molecule has 0 saturated heterocycles. The van der Waals surface area contributed by atoms with Crippen LogP contribution in [0.2, 0.25) is 0 Å². The molecule has 1 fully saturated rings. The van der Waals surface area contributed by atoms with E-state index in [9.17, 15) is 29.7 Å². The highest BCUT2D eigenvalue weighted by molar-refractivity contribution is 6.21. The number of aliphatic hydroxyl groups is 2. The molecule has 35 heavy (non-hydrogen) atoms. The molecule has 0 spiro atoms. The van der Waals surface area contributed by atoms with Gasteiger partial charge in [0.25, 0.3) is 5.91 Å². The number of hydrogen-bond acceptors (Lipinski definition) is 6. The molecule has 0 bridgehead atoms. The van der Waals surface area contributed by atoms with Crippen LogP contribution in [0, 0.1) is 17.8 Å². The number of pyridine rings is 1. The minimum absolute atomic E-state index is 0.0603. The van der Waals surface area contributed by atoms with E-state index in [2.05, 4.69) is 0 Å². The lowest BCUT2D eigenvalue weighted by molar-refractivity contribution is -0.688. The number of carbonyl (C=O) groups is 3. The van der Waals surface area contributed by atoms with Crippen molar-refractivity contribution in [2.45, 2.75) is 39.2 Å². The van der Waals surface area contributed by atoms with E-state index in [1.165, 1.54) is 0 Å². The first-order chi connectivity index (χ1) is 16.7. The largest absolute Gasteiger partial charge is 0.511 e. The Hall–Kier alpha value is -3.94. The van der Waals surface area contributed by atoms with Crippen LogP contribution < -0.4 is 10.3 Å². The predicted octanol–water partition coefficient (Wildman–Crippen LogP) is 2.21. The number of primary amides is 1. The third kappa shape index (κ3) is 3.51. The predicted molar refractivity (Wildman–Crippen MR) is 125 cm³/mol. The van der Waals surface area contributed by atoms with Gasteiger partial charge in [-0.2, -0.15) is 0 Å². The van der Waals surface area contributed by atoms with Crippen molar-refractivity contribution in [3.05, 3.63) is 75.8 Å². The molecule has 5 rings (SSSR count). The van der Waals surface area contributed by atoms with Crippen LogP contribution in [0.5, 0.6) is 5.75 Å². The summed E-state index contributed by atoms with van der Waals surface area (Å²) in [5.41, 5.74) is 7.52. The zero-order valence-corrected chi connectivity index (χ0v) is 19.3. The van der Waals surface area contributed by atoms with Gasteiger partial charge in [0.1, 0.15) is 22.8 Å². The number of phenolic OH excluding ortho intramolecular Hbond substituents is 1. The normalized spacial score (nSPS) is 23.6. The quantitative estimate of drug-likeness (QED) is 0.395. The Morgan fingerprint density at radius 2 is 1.80 bits per heavy atom. The number of aryl methyl sites for hydroxylation is 1. The molecule has 3 aliphatic rings. The van der Waals surface area contributed by atoms with Crippen LogP contribution in [0.15, 0.2) is 53.6 Å². The Bertz CT molecular complexity index is 1340. The number of allylic oxidation sites excluding steroid dienone is 2. The highest BCUT2D eigenvalue weighted by Gasteiger charge is 2.51. The Morgan fingerprint density at radius 3 is 2.46 bits per heavy atom. The molecule has 0 aliphatic heterocycles. The first-order valence-corrected chi connectivity index (χ1v) is 11.8. The Kier molecular flexibility index (Phi) is 5.46. The molecular weight excluding hydrogens is 448 g/mol. The average molecular weight is 476 g/mol. The Balaban J connectivity index is 1.64. The standard InChI is InChI=1S/C27H26N2O6/c1-2-13-8-16(12-29-6-4-3-5-7-29)23(31)21-17(13)10-14-9-15-11-18(30)22(27(28)35)26(34)20(15)24(32)19(14)25(21)33/h3-8,14-15,20H,2,9-12H2,1H3,(H4-,28,30,31,32,33,34,35)/p+1. The third-order valence-corrected chi connectivity index (χ3v) is 7.57. The summed E-state index contributed by atoms with van der Waals surface area (Å²) in [6, 6.07) is 7.60. The number of rotatable bonds is 4. The molecule has 1 heterocycles. The summed E-state index contributed by atoms with van der Waals surface area (Å²) < 4.78 is 1.90. The van der Waals surface area contributed by atoms with Crippen molar-refractivity contribution < 1.29 is 34.3 Å². The summed E-state index contributed by atoms with van der Waals surface area (Å²) in [4.78, 5) is 37.8. The smallest absolute Gasteiger partial charge is 0.255 e. The number of carbonyl (C=O) groups excluding carboxylic acids is 3. The molecule has 1 saturated carbocycles. The van der Waals surface area contributed by atoms with E-state index in [1.54, 1.807) is 0 Å². The van der Waals surface area contributed by atoms with E-state index in [4.69, 9.17) is 5.73 Å². The Labute approximate surface area is 202 Å². The number of phenols is 1. The molecule has 3 unspecified atom stereocenters. The number of benzene rings is 1. The van der Waals surface area contributed by atoms with E-state index in [1.807, 2.05) is 48.1 Å². The number of amides is 1. The van der Waals surface area contributed by atoms with Gasteiger partial charge in [-0.25, -0.2) is 4.57 Å². The number of aromatic nitrogens is 1. The SMILES string of the molecule is CCc1cc(C[n+]2ccccc2)c(O)c2c1CC1CC3CC(=O)C(C(N)=O)=C(O)C3C(=O)C1=C2O. The van der Waals surface area contributed by atoms with Crippen LogP contribution in [-0.4, -0.2) is 32.8 Å². The monoisotopic (exact) mass is 475 g/mol. The average Bonchev–Trinajstić information content (AvgIpc) is 2.80. The fourth-order valence-corrected chi connectivity index (χ4v) is 6.02. The molecule has 3 atom stereocenters. The van der Waals surface area contributed by atoms with Gasteiger partial charge in [0.2, 0.25) is 0 Å². The number of aromatic hydroxyl groups is 1. The molecule has 8 heteroatoms. The van der Waals surface area contributed by atoms with Crippen molar-refractivity contribution in [2.24, 2.45) is 23.5 Å². The minimum Gasteiger partial charge on any atom is -0.511 e. The van der Waals surface area contributed by atoms with Crippen molar-refractivity contribution in [1.82, 2.24) is 0 Å². The van der Waals surface area contributed by atoms with E-state index in [0.29, 0.717) is 31.4 Å². The maximum Gasteiger partial charge on any atom is 0.255 e. The molecule has 180 valence electrons. The van der Waals surface area contributed by atoms with Gasteiger partial charge in [-0.3, -0.25) is 14.4 Å². The molecule has 5 N–H and O–H groups in total. The van der Waals surface area contributed by atoms with Crippen LogP contribution in [0.1, 0.15) is 42.0 Å². The van der Waals surface area contributed by atoms with E-state index in [0.717, 1.165) is 11.1 Å². The van der Waals surface area contributed by atoms with Crippen LogP contribution in [0.4, 0.5) is 0 Å². The van der Waals surface area contributed by atoms with E-state index in [-0.39, 0.29) is 35.0 Å². The number of nitrogens with zero attached hydrogens (tertiary/aromatic N) is 1. The summed E-state index contributed by atoms with van der Waals surface area (Å²) in [6.07, 6.45) is 5.19. The first kappa shape index (κ1) is 22.8. The minimum atomic E-state index is -1.11. The summed E-state index contributed by atoms with van der Waals surface area (Å²) >= 11 is 0. The van der Waals surface area contributed by atoms with Gasteiger partial charge in [0.15, 0.2) is 30.5 Å². The van der Waals surface area contributed by atoms with Gasteiger partial charge in [-0.1, -0.05) is 13.0 Å². The lowest BCUT2D eigenvalue weighted by Crippen LogP contribution is -2.44. The van der Waals surface area contributed by atoms with Crippen LogP contribution in [0.25, 0.3) is 5.76 Å². The highest BCUT2D eigenvalue weighted by Crippen LogP contribution is 2.51.